The van der Waals surface area contributed by atoms with E-state index in [9.17, 15) is 0 Å². The predicted molar refractivity (Wildman–Crippen MR) is 124 cm³/mol. The predicted octanol–water partition coefficient (Wildman–Crippen LogP) is 6.54. The third kappa shape index (κ3) is 6.32. The highest BCUT2D eigenvalue weighted by molar-refractivity contribution is 7.99. The monoisotopic (exact) mass is 416 g/mol. The van der Waals surface area contributed by atoms with Crippen molar-refractivity contribution in [2.75, 3.05) is 0 Å². The van der Waals surface area contributed by atoms with Crippen molar-refractivity contribution < 1.29 is 4.74 Å². The molecule has 2 heterocycles. The summed E-state index contributed by atoms with van der Waals surface area (Å²) in [6.07, 6.45) is 9.37. The van der Waals surface area contributed by atoms with Crippen molar-refractivity contribution in [1.29, 1.82) is 0 Å². The zero-order chi connectivity index (χ0) is 21.2. The Labute approximate surface area is 181 Å². The zero-order valence-corrected chi connectivity index (χ0v) is 18.1. The Hall–Kier alpha value is -3.38. The van der Waals surface area contributed by atoms with Crippen molar-refractivity contribution in [3.8, 4) is 11.5 Å². The number of nitrogens with zero attached hydrogens (tertiary/aromatic N) is 3. The van der Waals surface area contributed by atoms with E-state index in [1.807, 2.05) is 93.6 Å². The molecule has 0 bridgehead atoms. The van der Waals surface area contributed by atoms with Gasteiger partial charge in [-0.1, -0.05) is 48.2 Å². The number of allylic oxidation sites excluding steroid dienone is 3. The van der Waals surface area contributed by atoms with Gasteiger partial charge < -0.3 is 10.1 Å². The summed E-state index contributed by atoms with van der Waals surface area (Å²) in [6, 6.07) is 17.4. The van der Waals surface area contributed by atoms with Crippen LogP contribution in [0.2, 0.25) is 0 Å². The second kappa shape index (κ2) is 11.0. The maximum atomic E-state index is 6.13. The van der Waals surface area contributed by atoms with Crippen LogP contribution in [-0.4, -0.2) is 15.8 Å². The molecule has 30 heavy (non-hydrogen) atoms. The Morgan fingerprint density at radius 1 is 1.07 bits per heavy atom. The maximum absolute atomic E-state index is 6.13. The first kappa shape index (κ1) is 21.3. The average Bonchev–Trinajstić information content (AvgIpc) is 2.77. The van der Waals surface area contributed by atoms with Gasteiger partial charge in [0.05, 0.1) is 0 Å². The Bertz CT molecular complexity index is 1050. The number of pyridine rings is 2. The van der Waals surface area contributed by atoms with Crippen LogP contribution in [0.25, 0.3) is 0 Å². The van der Waals surface area contributed by atoms with Crippen LogP contribution < -0.4 is 10.1 Å². The molecule has 1 aromatic carbocycles. The second-order valence-electron chi connectivity index (χ2n) is 6.27. The van der Waals surface area contributed by atoms with Crippen LogP contribution >= 0.6 is 11.8 Å². The van der Waals surface area contributed by atoms with Crippen LogP contribution in [0.3, 0.4) is 0 Å². The first-order chi connectivity index (χ1) is 14.7. The van der Waals surface area contributed by atoms with Crippen molar-refractivity contribution in [2.45, 2.75) is 30.7 Å². The summed E-state index contributed by atoms with van der Waals surface area (Å²) in [7, 11) is 0. The van der Waals surface area contributed by atoms with Crippen LogP contribution in [0.1, 0.15) is 20.8 Å². The molecular formula is C24H24N4OS. The standard InChI is InChI=1S/C24H24N4OS/c1-4-11-22(27-18(3)5-2)28-24-21(29-19-12-7-6-8-13-19)16-20(17-26-24)30-23-14-9-10-15-25-23/h4-17H,1-3H3,(H,26,27,28)/b11-4+,18-5-. The molecule has 0 aliphatic carbocycles. The molecule has 3 rings (SSSR count). The quantitative estimate of drug-likeness (QED) is 0.350. The summed E-state index contributed by atoms with van der Waals surface area (Å²) in [5, 5.41) is 4.17. The molecule has 152 valence electrons. The van der Waals surface area contributed by atoms with E-state index < -0.39 is 0 Å². The number of rotatable bonds is 7. The maximum Gasteiger partial charge on any atom is 0.197 e. The third-order valence-corrected chi connectivity index (χ3v) is 4.86. The summed E-state index contributed by atoms with van der Waals surface area (Å²) in [6.45, 7) is 5.91. The lowest BCUT2D eigenvalue weighted by molar-refractivity contribution is 0.480. The van der Waals surface area contributed by atoms with Gasteiger partial charge in [0.25, 0.3) is 0 Å². The van der Waals surface area contributed by atoms with Gasteiger partial charge in [0, 0.05) is 29.1 Å². The van der Waals surface area contributed by atoms with Crippen LogP contribution in [0, 0.1) is 0 Å². The number of hydrogen-bond acceptors (Lipinski definition) is 5. The van der Waals surface area contributed by atoms with Gasteiger partial charge in [0.15, 0.2) is 11.6 Å². The SMILES string of the molecule is C/C=C(/C)NC(/C=C/C)=N/c1ncc(Sc2ccccn2)cc1Oc1ccccc1. The fraction of sp³-hybridized carbons (Fsp3) is 0.125. The van der Waals surface area contributed by atoms with E-state index in [0.717, 1.165) is 21.4 Å². The molecule has 0 saturated heterocycles. The second-order valence-corrected chi connectivity index (χ2v) is 7.37. The lowest BCUT2D eigenvalue weighted by Gasteiger charge is -2.11. The molecule has 5 nitrogen and oxygen atoms in total. The van der Waals surface area contributed by atoms with Crippen molar-refractivity contribution in [3.05, 3.63) is 90.9 Å². The first-order valence-electron chi connectivity index (χ1n) is 9.61. The molecule has 0 radical (unpaired) electrons. The number of para-hydroxylation sites is 1. The minimum Gasteiger partial charge on any atom is -0.453 e. The van der Waals surface area contributed by atoms with Crippen LogP contribution in [0.15, 0.2) is 106 Å². The molecule has 0 amide bonds. The molecule has 0 atom stereocenters. The highest BCUT2D eigenvalue weighted by Crippen LogP contribution is 2.35. The number of amidine groups is 1. The number of aromatic nitrogens is 2. The van der Waals surface area contributed by atoms with Crippen molar-refractivity contribution in [2.24, 2.45) is 4.99 Å². The van der Waals surface area contributed by atoms with Crippen LogP contribution in [0.4, 0.5) is 5.82 Å². The topological polar surface area (TPSA) is 59.4 Å². The molecule has 6 heteroatoms. The van der Waals surface area contributed by atoms with E-state index in [4.69, 9.17) is 9.73 Å². The molecular weight excluding hydrogens is 392 g/mol. The largest absolute Gasteiger partial charge is 0.453 e. The first-order valence-corrected chi connectivity index (χ1v) is 10.4. The molecule has 3 aromatic rings. The lowest BCUT2D eigenvalue weighted by Crippen LogP contribution is -2.18. The minimum absolute atomic E-state index is 0.494. The van der Waals surface area contributed by atoms with Gasteiger partial charge in [-0.15, -0.1) is 0 Å². The van der Waals surface area contributed by atoms with E-state index in [-0.39, 0.29) is 0 Å². The summed E-state index contributed by atoms with van der Waals surface area (Å²) < 4.78 is 6.13. The summed E-state index contributed by atoms with van der Waals surface area (Å²) in [5.74, 6) is 2.47. The van der Waals surface area contributed by atoms with Gasteiger partial charge in [-0.25, -0.2) is 15.0 Å². The van der Waals surface area contributed by atoms with Crippen molar-refractivity contribution in [1.82, 2.24) is 15.3 Å². The van der Waals surface area contributed by atoms with Gasteiger partial charge in [-0.3, -0.25) is 0 Å². The molecule has 0 fully saturated rings. The number of aliphatic imine (C=N–C) groups is 1. The van der Waals surface area contributed by atoms with Gasteiger partial charge in [0.1, 0.15) is 16.6 Å². The molecule has 0 aliphatic rings. The normalized spacial score (nSPS) is 12.2. The van der Waals surface area contributed by atoms with E-state index in [1.165, 1.54) is 11.8 Å². The Kier molecular flexibility index (Phi) is 7.80. The van der Waals surface area contributed by atoms with Gasteiger partial charge in [-0.2, -0.15) is 0 Å². The minimum atomic E-state index is 0.494. The molecule has 0 unspecified atom stereocenters. The van der Waals surface area contributed by atoms with E-state index >= 15 is 0 Å². The molecule has 0 spiro atoms. The van der Waals surface area contributed by atoms with Gasteiger partial charge in [0.2, 0.25) is 0 Å². The average molecular weight is 417 g/mol. The number of benzene rings is 1. The van der Waals surface area contributed by atoms with Crippen molar-refractivity contribution >= 4 is 23.4 Å². The van der Waals surface area contributed by atoms with E-state index in [1.54, 1.807) is 12.4 Å². The Morgan fingerprint density at radius 2 is 1.87 bits per heavy atom. The number of ether oxygens (including phenoxy) is 1. The summed E-state index contributed by atoms with van der Waals surface area (Å²) >= 11 is 1.52. The molecule has 0 saturated carbocycles. The van der Waals surface area contributed by atoms with E-state index in [2.05, 4.69) is 15.3 Å². The van der Waals surface area contributed by atoms with Crippen molar-refractivity contribution in [3.63, 3.8) is 0 Å². The lowest BCUT2D eigenvalue weighted by atomic mass is 10.3. The summed E-state index contributed by atoms with van der Waals surface area (Å²) in [4.78, 5) is 14.6. The Morgan fingerprint density at radius 3 is 2.57 bits per heavy atom. The molecule has 0 aliphatic heterocycles. The van der Waals surface area contributed by atoms with Gasteiger partial charge >= 0.3 is 0 Å². The van der Waals surface area contributed by atoms with Crippen LogP contribution in [-0.2, 0) is 0 Å². The summed E-state index contributed by atoms with van der Waals surface area (Å²) in [5.41, 5.74) is 1.000. The highest BCUT2D eigenvalue weighted by atomic mass is 32.2. The third-order valence-electron chi connectivity index (χ3n) is 3.95. The van der Waals surface area contributed by atoms with Gasteiger partial charge in [-0.05, 0) is 51.1 Å². The fourth-order valence-electron chi connectivity index (χ4n) is 2.43. The molecule has 2 aromatic heterocycles. The molecule has 1 N–H and O–H groups in total. The van der Waals surface area contributed by atoms with Crippen LogP contribution in [0.5, 0.6) is 11.5 Å². The highest BCUT2D eigenvalue weighted by Gasteiger charge is 2.11. The fourth-order valence-corrected chi connectivity index (χ4v) is 3.20. The zero-order valence-electron chi connectivity index (χ0n) is 17.2. The Balaban J connectivity index is 1.98. The number of nitrogens with one attached hydrogen (secondary N) is 1. The number of hydrogen-bond donors (Lipinski definition) is 1. The van der Waals surface area contributed by atoms with E-state index in [0.29, 0.717) is 17.4 Å². The smallest absolute Gasteiger partial charge is 0.197 e.